The summed E-state index contributed by atoms with van der Waals surface area (Å²) >= 11 is 0. The molecule has 4 nitrogen and oxygen atoms in total. The Labute approximate surface area is 78.1 Å². The number of carbonyl (C=O) groups excluding carboxylic acids is 2. The SMILES string of the molecule is CC(C)(C)NC(=O)C(=O)NC1CC1. The third-order valence-electron chi connectivity index (χ3n) is 1.61. The Morgan fingerprint density at radius 2 is 1.69 bits per heavy atom. The van der Waals surface area contributed by atoms with Crippen molar-refractivity contribution in [1.82, 2.24) is 10.6 Å². The third-order valence-corrected chi connectivity index (χ3v) is 1.61. The van der Waals surface area contributed by atoms with Crippen LogP contribution >= 0.6 is 0 Å². The van der Waals surface area contributed by atoms with E-state index in [0.29, 0.717) is 0 Å². The van der Waals surface area contributed by atoms with Gasteiger partial charge >= 0.3 is 11.8 Å². The second kappa shape index (κ2) is 3.36. The van der Waals surface area contributed by atoms with Gasteiger partial charge in [-0.05, 0) is 33.6 Å². The van der Waals surface area contributed by atoms with Crippen molar-refractivity contribution in [1.29, 1.82) is 0 Å². The molecule has 0 atom stereocenters. The summed E-state index contributed by atoms with van der Waals surface area (Å²) in [5.74, 6) is -1.06. The molecule has 0 aliphatic heterocycles. The van der Waals surface area contributed by atoms with Gasteiger partial charge in [-0.3, -0.25) is 9.59 Å². The number of nitrogens with one attached hydrogen (secondary N) is 2. The van der Waals surface area contributed by atoms with E-state index in [0.717, 1.165) is 12.8 Å². The molecule has 2 amide bonds. The summed E-state index contributed by atoms with van der Waals surface area (Å²) in [7, 11) is 0. The summed E-state index contributed by atoms with van der Waals surface area (Å²) in [6.45, 7) is 5.53. The molecule has 0 aromatic rings. The van der Waals surface area contributed by atoms with Crippen molar-refractivity contribution in [2.45, 2.75) is 45.2 Å². The fourth-order valence-electron chi connectivity index (χ4n) is 0.876. The van der Waals surface area contributed by atoms with Crippen molar-refractivity contribution in [3.8, 4) is 0 Å². The number of hydrogen-bond acceptors (Lipinski definition) is 2. The maximum atomic E-state index is 11.2. The van der Waals surface area contributed by atoms with Crippen molar-refractivity contribution in [2.24, 2.45) is 0 Å². The third kappa shape index (κ3) is 3.92. The topological polar surface area (TPSA) is 58.2 Å². The summed E-state index contributed by atoms with van der Waals surface area (Å²) < 4.78 is 0. The first-order valence-electron chi connectivity index (χ1n) is 4.51. The van der Waals surface area contributed by atoms with Crippen LogP contribution in [0, 0.1) is 0 Å². The summed E-state index contributed by atoms with van der Waals surface area (Å²) in [4.78, 5) is 22.3. The van der Waals surface area contributed by atoms with Gasteiger partial charge < -0.3 is 10.6 Å². The van der Waals surface area contributed by atoms with Gasteiger partial charge in [0.25, 0.3) is 0 Å². The highest BCUT2D eigenvalue weighted by Crippen LogP contribution is 2.18. The normalized spacial score (nSPS) is 16.5. The molecule has 4 heteroatoms. The zero-order valence-corrected chi connectivity index (χ0v) is 8.31. The minimum atomic E-state index is -0.542. The molecule has 0 aromatic carbocycles. The fraction of sp³-hybridized carbons (Fsp3) is 0.778. The second-order valence-corrected chi connectivity index (χ2v) is 4.45. The van der Waals surface area contributed by atoms with Crippen LogP contribution in [0.4, 0.5) is 0 Å². The molecule has 74 valence electrons. The minimum Gasteiger partial charge on any atom is -0.345 e. The van der Waals surface area contributed by atoms with Crippen LogP contribution in [-0.2, 0) is 9.59 Å². The zero-order valence-electron chi connectivity index (χ0n) is 8.31. The Morgan fingerprint density at radius 3 is 2.08 bits per heavy atom. The summed E-state index contributed by atoms with van der Waals surface area (Å²) in [5, 5.41) is 5.23. The average Bonchev–Trinajstić information content (AvgIpc) is 2.67. The number of hydrogen-bond donors (Lipinski definition) is 2. The molecule has 2 N–H and O–H groups in total. The van der Waals surface area contributed by atoms with Crippen LogP contribution in [0.2, 0.25) is 0 Å². The molecule has 0 spiro atoms. The first-order valence-corrected chi connectivity index (χ1v) is 4.51. The van der Waals surface area contributed by atoms with Crippen LogP contribution in [0.25, 0.3) is 0 Å². The molecule has 1 rings (SSSR count). The first-order chi connectivity index (χ1) is 5.88. The first kappa shape index (κ1) is 10.0. The van der Waals surface area contributed by atoms with E-state index in [1.165, 1.54) is 0 Å². The number of carbonyl (C=O) groups is 2. The molecule has 0 heterocycles. The van der Waals surface area contributed by atoms with E-state index >= 15 is 0 Å². The van der Waals surface area contributed by atoms with Gasteiger partial charge in [0.15, 0.2) is 0 Å². The maximum absolute atomic E-state index is 11.2. The van der Waals surface area contributed by atoms with Crippen LogP contribution in [0.1, 0.15) is 33.6 Å². The summed E-state index contributed by atoms with van der Waals surface area (Å²) in [5.41, 5.74) is -0.349. The van der Waals surface area contributed by atoms with Gasteiger partial charge in [-0.1, -0.05) is 0 Å². The molecular weight excluding hydrogens is 168 g/mol. The van der Waals surface area contributed by atoms with Crippen LogP contribution < -0.4 is 10.6 Å². The molecule has 1 fully saturated rings. The zero-order chi connectivity index (χ0) is 10.1. The van der Waals surface area contributed by atoms with Crippen LogP contribution in [-0.4, -0.2) is 23.4 Å². The molecule has 0 saturated heterocycles. The van der Waals surface area contributed by atoms with E-state index in [-0.39, 0.29) is 11.6 Å². The molecule has 0 radical (unpaired) electrons. The van der Waals surface area contributed by atoms with Gasteiger partial charge in [0.05, 0.1) is 0 Å². The van der Waals surface area contributed by atoms with Gasteiger partial charge in [0.1, 0.15) is 0 Å². The standard InChI is InChI=1S/C9H16N2O2/c1-9(2,3)11-8(13)7(12)10-6-4-5-6/h6H,4-5H2,1-3H3,(H,10,12)(H,11,13). The lowest BCUT2D eigenvalue weighted by Crippen LogP contribution is -2.48. The largest absolute Gasteiger partial charge is 0.345 e. The quantitative estimate of drug-likeness (QED) is 0.571. The molecular formula is C9H16N2O2. The van der Waals surface area contributed by atoms with Crippen LogP contribution in [0.5, 0.6) is 0 Å². The number of amides is 2. The maximum Gasteiger partial charge on any atom is 0.309 e. The molecule has 0 aromatic heterocycles. The lowest BCUT2D eigenvalue weighted by atomic mass is 10.1. The highest BCUT2D eigenvalue weighted by molar-refractivity contribution is 6.35. The highest BCUT2D eigenvalue weighted by Gasteiger charge is 2.27. The summed E-state index contributed by atoms with van der Waals surface area (Å²) in [6, 6.07) is 0.234. The van der Waals surface area contributed by atoms with Crippen molar-refractivity contribution in [2.75, 3.05) is 0 Å². The molecule has 1 aliphatic rings. The van der Waals surface area contributed by atoms with E-state index in [2.05, 4.69) is 10.6 Å². The van der Waals surface area contributed by atoms with E-state index in [4.69, 9.17) is 0 Å². The molecule has 1 aliphatic carbocycles. The average molecular weight is 184 g/mol. The predicted molar refractivity (Wildman–Crippen MR) is 49.1 cm³/mol. The van der Waals surface area contributed by atoms with E-state index in [9.17, 15) is 9.59 Å². The smallest absolute Gasteiger partial charge is 0.309 e. The van der Waals surface area contributed by atoms with Crippen LogP contribution in [0.15, 0.2) is 0 Å². The predicted octanol–water partition coefficient (Wildman–Crippen LogP) is 0.180. The van der Waals surface area contributed by atoms with Crippen molar-refractivity contribution in [3.05, 3.63) is 0 Å². The van der Waals surface area contributed by atoms with Gasteiger partial charge in [-0.25, -0.2) is 0 Å². The minimum absolute atomic E-state index is 0.234. The van der Waals surface area contributed by atoms with E-state index in [1.807, 2.05) is 20.8 Å². The molecule has 0 bridgehead atoms. The monoisotopic (exact) mass is 184 g/mol. The Balaban J connectivity index is 2.33. The Morgan fingerprint density at radius 1 is 1.15 bits per heavy atom. The van der Waals surface area contributed by atoms with Gasteiger partial charge in [0, 0.05) is 11.6 Å². The highest BCUT2D eigenvalue weighted by atomic mass is 16.2. The Bertz CT molecular complexity index is 226. The van der Waals surface area contributed by atoms with Gasteiger partial charge in [-0.15, -0.1) is 0 Å². The molecule has 1 saturated carbocycles. The molecule has 13 heavy (non-hydrogen) atoms. The van der Waals surface area contributed by atoms with Crippen molar-refractivity contribution >= 4 is 11.8 Å². The molecule has 0 unspecified atom stereocenters. The Hall–Kier alpha value is -1.06. The second-order valence-electron chi connectivity index (χ2n) is 4.45. The Kier molecular flexibility index (Phi) is 2.59. The fourth-order valence-corrected chi connectivity index (χ4v) is 0.876. The summed E-state index contributed by atoms with van der Waals surface area (Å²) in [6.07, 6.45) is 1.99. The van der Waals surface area contributed by atoms with Gasteiger partial charge in [-0.2, -0.15) is 0 Å². The van der Waals surface area contributed by atoms with Gasteiger partial charge in [0.2, 0.25) is 0 Å². The van der Waals surface area contributed by atoms with E-state index in [1.54, 1.807) is 0 Å². The lowest BCUT2D eigenvalue weighted by molar-refractivity contribution is -0.140. The van der Waals surface area contributed by atoms with E-state index < -0.39 is 11.8 Å². The lowest BCUT2D eigenvalue weighted by Gasteiger charge is -2.19. The van der Waals surface area contributed by atoms with Crippen molar-refractivity contribution in [3.63, 3.8) is 0 Å². The van der Waals surface area contributed by atoms with Crippen LogP contribution in [0.3, 0.4) is 0 Å². The number of rotatable bonds is 1. The van der Waals surface area contributed by atoms with Crippen molar-refractivity contribution < 1.29 is 9.59 Å².